The van der Waals surface area contributed by atoms with Gasteiger partial charge in [-0.25, -0.2) is 9.97 Å². The van der Waals surface area contributed by atoms with Crippen molar-refractivity contribution in [3.63, 3.8) is 0 Å². The van der Waals surface area contributed by atoms with E-state index in [1.54, 1.807) is 18.6 Å². The number of hydrogen-bond donors (Lipinski definition) is 2. The Morgan fingerprint density at radius 3 is 2.62 bits per heavy atom. The van der Waals surface area contributed by atoms with Gasteiger partial charge in [0.2, 0.25) is 11.9 Å². The van der Waals surface area contributed by atoms with Crippen LogP contribution in [0.5, 0.6) is 0 Å². The Bertz CT molecular complexity index is 885. The summed E-state index contributed by atoms with van der Waals surface area (Å²) in [7, 11) is 0. The summed E-state index contributed by atoms with van der Waals surface area (Å²) in [5.41, 5.74) is 2.88. The second kappa shape index (κ2) is 7.31. The van der Waals surface area contributed by atoms with Crippen molar-refractivity contribution in [3.8, 4) is 0 Å². The average molecular weight is 345 g/mol. The molecule has 2 atom stereocenters. The molecule has 1 aliphatic heterocycles. The highest BCUT2D eigenvalue weighted by Crippen LogP contribution is 2.34. The maximum atomic E-state index is 12.2. The highest BCUT2D eigenvalue weighted by molar-refractivity contribution is 5.78. The summed E-state index contributed by atoms with van der Waals surface area (Å²) in [6.07, 6.45) is 6.47. The lowest BCUT2D eigenvalue weighted by Gasteiger charge is -2.29. The predicted molar refractivity (Wildman–Crippen MR) is 98.9 cm³/mol. The van der Waals surface area contributed by atoms with Crippen LogP contribution < -0.4 is 10.6 Å². The second-order valence-electron chi connectivity index (χ2n) is 6.33. The standard InChI is InChI=1S/C20H19N5O/c26-19-13-15(12-18(24-19)14-6-9-21-10-7-14)17-8-11-22-20(25-17)23-16-4-2-1-3-5-16/h1-11,15,18H,12-13H2,(H,24,26)(H,22,23,25). The van der Waals surface area contributed by atoms with Crippen molar-refractivity contribution in [2.24, 2.45) is 0 Å². The Balaban J connectivity index is 1.54. The van der Waals surface area contributed by atoms with Gasteiger partial charge in [0, 0.05) is 42.3 Å². The highest BCUT2D eigenvalue weighted by atomic mass is 16.1. The fraction of sp³-hybridized carbons (Fsp3) is 0.200. The van der Waals surface area contributed by atoms with Gasteiger partial charge in [-0.1, -0.05) is 18.2 Å². The van der Waals surface area contributed by atoms with Crippen molar-refractivity contribution in [3.05, 3.63) is 78.4 Å². The normalized spacial score (nSPS) is 19.6. The number of nitrogens with one attached hydrogen (secondary N) is 2. The molecule has 0 bridgehead atoms. The zero-order valence-corrected chi connectivity index (χ0v) is 14.2. The van der Waals surface area contributed by atoms with E-state index in [0.29, 0.717) is 12.4 Å². The number of anilines is 2. The molecule has 6 nitrogen and oxygen atoms in total. The van der Waals surface area contributed by atoms with E-state index in [2.05, 4.69) is 25.6 Å². The summed E-state index contributed by atoms with van der Waals surface area (Å²) >= 11 is 0. The van der Waals surface area contributed by atoms with Crippen LogP contribution in [-0.2, 0) is 4.79 Å². The number of nitrogens with zero attached hydrogens (tertiary/aromatic N) is 3. The molecule has 1 aromatic carbocycles. The van der Waals surface area contributed by atoms with E-state index in [9.17, 15) is 4.79 Å². The van der Waals surface area contributed by atoms with E-state index >= 15 is 0 Å². The van der Waals surface area contributed by atoms with Gasteiger partial charge in [0.05, 0.1) is 6.04 Å². The van der Waals surface area contributed by atoms with Crippen LogP contribution in [0.1, 0.15) is 36.1 Å². The van der Waals surface area contributed by atoms with Crippen LogP contribution in [0.4, 0.5) is 11.6 Å². The number of piperidine rings is 1. The first kappa shape index (κ1) is 16.2. The zero-order chi connectivity index (χ0) is 17.8. The van der Waals surface area contributed by atoms with E-state index in [0.717, 1.165) is 23.4 Å². The third-order valence-electron chi connectivity index (χ3n) is 4.52. The summed E-state index contributed by atoms with van der Waals surface area (Å²) in [6, 6.07) is 15.5. The van der Waals surface area contributed by atoms with Crippen LogP contribution in [0.15, 0.2) is 67.1 Å². The third-order valence-corrected chi connectivity index (χ3v) is 4.52. The van der Waals surface area contributed by atoms with Crippen LogP contribution in [0, 0.1) is 0 Å². The summed E-state index contributed by atoms with van der Waals surface area (Å²) in [5.74, 6) is 0.639. The Kier molecular flexibility index (Phi) is 4.55. The molecule has 2 N–H and O–H groups in total. The number of carbonyl (C=O) groups is 1. The SMILES string of the molecule is O=C1CC(c2ccnc(Nc3ccccc3)n2)CC(c2ccncc2)N1. The number of para-hydroxylation sites is 1. The molecule has 3 aromatic rings. The molecule has 3 heterocycles. The van der Waals surface area contributed by atoms with Gasteiger partial charge in [-0.15, -0.1) is 0 Å². The Labute approximate surface area is 151 Å². The first-order valence-electron chi connectivity index (χ1n) is 8.62. The third kappa shape index (κ3) is 3.69. The molecular formula is C20H19N5O. The minimum atomic E-state index is -0.0234. The number of carbonyl (C=O) groups excluding carboxylic acids is 1. The first-order valence-corrected chi connectivity index (χ1v) is 8.62. The number of rotatable bonds is 4. The van der Waals surface area contributed by atoms with E-state index in [1.165, 1.54) is 0 Å². The van der Waals surface area contributed by atoms with Crippen molar-refractivity contribution >= 4 is 17.5 Å². The lowest BCUT2D eigenvalue weighted by atomic mass is 9.86. The van der Waals surface area contributed by atoms with E-state index in [4.69, 9.17) is 0 Å². The van der Waals surface area contributed by atoms with Gasteiger partial charge in [-0.2, -0.15) is 0 Å². The molecule has 0 saturated carbocycles. The van der Waals surface area contributed by atoms with Crippen molar-refractivity contribution in [2.45, 2.75) is 24.8 Å². The van der Waals surface area contributed by atoms with E-state index in [-0.39, 0.29) is 17.9 Å². The molecule has 2 unspecified atom stereocenters. The number of amides is 1. The maximum Gasteiger partial charge on any atom is 0.227 e. The fourth-order valence-corrected chi connectivity index (χ4v) is 3.26. The summed E-state index contributed by atoms with van der Waals surface area (Å²) in [6.45, 7) is 0. The highest BCUT2D eigenvalue weighted by Gasteiger charge is 2.29. The number of aromatic nitrogens is 3. The van der Waals surface area contributed by atoms with Crippen molar-refractivity contribution in [1.29, 1.82) is 0 Å². The minimum Gasteiger partial charge on any atom is -0.349 e. The molecule has 2 aromatic heterocycles. The molecule has 1 aliphatic rings. The van der Waals surface area contributed by atoms with Crippen molar-refractivity contribution in [2.75, 3.05) is 5.32 Å². The quantitative estimate of drug-likeness (QED) is 0.758. The van der Waals surface area contributed by atoms with Gasteiger partial charge in [0.15, 0.2) is 0 Å². The fourth-order valence-electron chi connectivity index (χ4n) is 3.26. The molecule has 0 aliphatic carbocycles. The minimum absolute atomic E-state index is 0.0234. The second-order valence-corrected chi connectivity index (χ2v) is 6.33. The molecule has 1 fully saturated rings. The lowest BCUT2D eigenvalue weighted by Crippen LogP contribution is -2.36. The summed E-state index contributed by atoms with van der Waals surface area (Å²) in [5, 5.41) is 6.27. The van der Waals surface area contributed by atoms with Crippen LogP contribution in [0.2, 0.25) is 0 Å². The summed E-state index contributed by atoms with van der Waals surface area (Å²) < 4.78 is 0. The molecule has 130 valence electrons. The molecular weight excluding hydrogens is 326 g/mol. The van der Waals surface area contributed by atoms with Crippen molar-refractivity contribution < 1.29 is 4.79 Å². The van der Waals surface area contributed by atoms with Crippen LogP contribution >= 0.6 is 0 Å². The van der Waals surface area contributed by atoms with Gasteiger partial charge >= 0.3 is 0 Å². The number of pyridine rings is 1. The zero-order valence-electron chi connectivity index (χ0n) is 14.2. The number of hydrogen-bond acceptors (Lipinski definition) is 5. The smallest absolute Gasteiger partial charge is 0.227 e. The molecule has 0 spiro atoms. The Morgan fingerprint density at radius 2 is 1.81 bits per heavy atom. The van der Waals surface area contributed by atoms with Crippen LogP contribution in [0.25, 0.3) is 0 Å². The summed E-state index contributed by atoms with van der Waals surface area (Å²) in [4.78, 5) is 25.2. The number of benzene rings is 1. The molecule has 4 rings (SSSR count). The van der Waals surface area contributed by atoms with Crippen LogP contribution in [0.3, 0.4) is 0 Å². The monoisotopic (exact) mass is 345 g/mol. The van der Waals surface area contributed by atoms with Crippen LogP contribution in [-0.4, -0.2) is 20.9 Å². The molecule has 26 heavy (non-hydrogen) atoms. The first-order chi connectivity index (χ1) is 12.8. The predicted octanol–water partition coefficient (Wildman–Crippen LogP) is 3.35. The molecule has 6 heteroatoms. The maximum absolute atomic E-state index is 12.2. The van der Waals surface area contributed by atoms with Gasteiger partial charge in [-0.05, 0) is 42.3 Å². The molecule has 1 saturated heterocycles. The molecule has 0 radical (unpaired) electrons. The Morgan fingerprint density at radius 1 is 1.00 bits per heavy atom. The van der Waals surface area contributed by atoms with Gasteiger partial charge < -0.3 is 10.6 Å². The average Bonchev–Trinajstić information content (AvgIpc) is 2.69. The lowest BCUT2D eigenvalue weighted by molar-refractivity contribution is -0.123. The van der Waals surface area contributed by atoms with Gasteiger partial charge in [0.1, 0.15) is 0 Å². The van der Waals surface area contributed by atoms with Crippen molar-refractivity contribution in [1.82, 2.24) is 20.3 Å². The topological polar surface area (TPSA) is 79.8 Å². The van der Waals surface area contributed by atoms with Gasteiger partial charge in [-0.3, -0.25) is 9.78 Å². The van der Waals surface area contributed by atoms with E-state index < -0.39 is 0 Å². The van der Waals surface area contributed by atoms with E-state index in [1.807, 2.05) is 48.5 Å². The van der Waals surface area contributed by atoms with Gasteiger partial charge in [0.25, 0.3) is 0 Å². The Hall–Kier alpha value is -3.28. The molecule has 1 amide bonds. The largest absolute Gasteiger partial charge is 0.349 e.